The summed E-state index contributed by atoms with van der Waals surface area (Å²) in [5.41, 5.74) is 3.03. The van der Waals surface area contributed by atoms with Crippen LogP contribution >= 0.6 is 11.3 Å². The van der Waals surface area contributed by atoms with Gasteiger partial charge in [-0.3, -0.25) is 4.79 Å². The second kappa shape index (κ2) is 5.74. The average Bonchev–Trinajstić information content (AvgIpc) is 3.26. The van der Waals surface area contributed by atoms with E-state index in [1.54, 1.807) is 16.2 Å². The lowest BCUT2D eigenvalue weighted by Gasteiger charge is -2.35. The Labute approximate surface area is 144 Å². The third kappa shape index (κ3) is 2.44. The molecule has 3 unspecified atom stereocenters. The van der Waals surface area contributed by atoms with E-state index in [1.807, 2.05) is 24.3 Å². The Hall–Kier alpha value is -2.14. The van der Waals surface area contributed by atoms with Crippen LogP contribution in [0.5, 0.6) is 0 Å². The van der Waals surface area contributed by atoms with Crippen molar-refractivity contribution in [3.05, 3.63) is 57.3 Å². The number of carbonyl (C=O) groups excluding carboxylic acids is 1. The fourth-order valence-electron chi connectivity index (χ4n) is 3.81. The summed E-state index contributed by atoms with van der Waals surface area (Å²) in [4.78, 5) is 27.7. The van der Waals surface area contributed by atoms with Crippen LogP contribution in [0.3, 0.4) is 0 Å². The Bertz CT molecular complexity index is 812. The highest BCUT2D eigenvalue weighted by molar-refractivity contribution is 7.10. The molecule has 3 atom stereocenters. The molecule has 1 aliphatic carbocycles. The van der Waals surface area contributed by atoms with Gasteiger partial charge in [-0.25, -0.2) is 4.79 Å². The first kappa shape index (κ1) is 15.4. The van der Waals surface area contributed by atoms with Crippen LogP contribution in [0.4, 0.5) is 0 Å². The standard InChI is InChI=1S/C19H19NO3S/c1-11-7-9-24-17(11)14-10-15(14)18(21)20-8-6-12-4-2-3-5-13(12)16(20)19(22)23/h2-5,7,9,14-16H,6,8,10H2,1H3,(H,22,23). The van der Waals surface area contributed by atoms with E-state index in [9.17, 15) is 14.7 Å². The lowest BCUT2D eigenvalue weighted by molar-refractivity contribution is -0.151. The maximum atomic E-state index is 13.0. The molecule has 2 heterocycles. The van der Waals surface area contributed by atoms with Crippen LogP contribution in [0.25, 0.3) is 0 Å². The quantitative estimate of drug-likeness (QED) is 0.931. The van der Waals surface area contributed by atoms with E-state index < -0.39 is 12.0 Å². The maximum absolute atomic E-state index is 13.0. The number of fused-ring (bicyclic) bond motifs is 1. The van der Waals surface area contributed by atoms with Crippen LogP contribution in [0, 0.1) is 12.8 Å². The highest BCUT2D eigenvalue weighted by Crippen LogP contribution is 2.52. The second-order valence-corrected chi connectivity index (χ2v) is 7.59. The largest absolute Gasteiger partial charge is 0.479 e. The van der Waals surface area contributed by atoms with E-state index in [1.165, 1.54) is 10.4 Å². The number of thiophene rings is 1. The molecule has 1 saturated carbocycles. The summed E-state index contributed by atoms with van der Waals surface area (Å²) in [5, 5.41) is 11.8. The number of aryl methyl sites for hydroxylation is 1. The van der Waals surface area contributed by atoms with Crippen LogP contribution < -0.4 is 0 Å². The van der Waals surface area contributed by atoms with Gasteiger partial charge in [-0.15, -0.1) is 11.3 Å². The molecule has 1 N–H and O–H groups in total. The van der Waals surface area contributed by atoms with Crippen molar-refractivity contribution in [1.29, 1.82) is 0 Å². The molecule has 2 aromatic rings. The van der Waals surface area contributed by atoms with Crippen molar-refractivity contribution in [2.45, 2.75) is 31.7 Å². The summed E-state index contributed by atoms with van der Waals surface area (Å²) in [6, 6.07) is 8.79. The number of aliphatic carboxylic acids is 1. The van der Waals surface area contributed by atoms with Gasteiger partial charge in [0.15, 0.2) is 6.04 Å². The Morgan fingerprint density at radius 1 is 1.25 bits per heavy atom. The molecule has 0 spiro atoms. The highest BCUT2D eigenvalue weighted by Gasteiger charge is 2.49. The molecule has 0 bridgehead atoms. The van der Waals surface area contributed by atoms with Gasteiger partial charge in [-0.1, -0.05) is 24.3 Å². The number of hydrogen-bond acceptors (Lipinski definition) is 3. The van der Waals surface area contributed by atoms with Crippen LogP contribution in [-0.2, 0) is 16.0 Å². The molecule has 5 heteroatoms. The summed E-state index contributed by atoms with van der Waals surface area (Å²) in [7, 11) is 0. The molecule has 4 rings (SSSR count). The molecule has 1 aromatic heterocycles. The molecular weight excluding hydrogens is 322 g/mol. The maximum Gasteiger partial charge on any atom is 0.331 e. The normalized spacial score (nSPS) is 25.2. The molecule has 4 nitrogen and oxygen atoms in total. The van der Waals surface area contributed by atoms with Gasteiger partial charge in [0.2, 0.25) is 5.91 Å². The van der Waals surface area contributed by atoms with E-state index in [-0.39, 0.29) is 17.7 Å². The minimum absolute atomic E-state index is 0.00490. The number of rotatable bonds is 3. The monoisotopic (exact) mass is 341 g/mol. The fraction of sp³-hybridized carbons (Fsp3) is 0.368. The van der Waals surface area contributed by atoms with Crippen molar-refractivity contribution in [2.24, 2.45) is 5.92 Å². The third-order valence-electron chi connectivity index (χ3n) is 5.15. The van der Waals surface area contributed by atoms with Gasteiger partial charge in [-0.2, -0.15) is 0 Å². The van der Waals surface area contributed by atoms with E-state index in [4.69, 9.17) is 0 Å². The summed E-state index contributed by atoms with van der Waals surface area (Å²) >= 11 is 1.70. The van der Waals surface area contributed by atoms with E-state index in [2.05, 4.69) is 18.4 Å². The smallest absolute Gasteiger partial charge is 0.331 e. The van der Waals surface area contributed by atoms with Gasteiger partial charge in [0.05, 0.1) is 0 Å². The SMILES string of the molecule is Cc1ccsc1C1CC1C(=O)N1CCc2ccccc2C1C(=O)O. The molecule has 1 fully saturated rings. The predicted octanol–water partition coefficient (Wildman–Crippen LogP) is 3.37. The molecule has 1 aromatic carbocycles. The summed E-state index contributed by atoms with van der Waals surface area (Å²) in [5.74, 6) is -0.742. The predicted molar refractivity (Wildman–Crippen MR) is 92.1 cm³/mol. The van der Waals surface area contributed by atoms with Crippen molar-refractivity contribution >= 4 is 23.2 Å². The Kier molecular flexibility index (Phi) is 3.68. The Morgan fingerprint density at radius 3 is 2.75 bits per heavy atom. The Balaban J connectivity index is 1.59. The van der Waals surface area contributed by atoms with E-state index >= 15 is 0 Å². The zero-order valence-corrected chi connectivity index (χ0v) is 14.3. The van der Waals surface area contributed by atoms with Gasteiger partial charge in [0.1, 0.15) is 0 Å². The molecule has 24 heavy (non-hydrogen) atoms. The molecular formula is C19H19NO3S. The molecule has 0 saturated heterocycles. The summed E-state index contributed by atoms with van der Waals surface area (Å²) in [6.45, 7) is 2.56. The van der Waals surface area contributed by atoms with Crippen molar-refractivity contribution in [3.8, 4) is 0 Å². The number of carboxylic acid groups (broad SMARTS) is 1. The number of benzene rings is 1. The summed E-state index contributed by atoms with van der Waals surface area (Å²) < 4.78 is 0. The van der Waals surface area contributed by atoms with Crippen molar-refractivity contribution < 1.29 is 14.7 Å². The number of carbonyl (C=O) groups is 2. The van der Waals surface area contributed by atoms with Gasteiger partial charge in [-0.05, 0) is 47.9 Å². The summed E-state index contributed by atoms with van der Waals surface area (Å²) in [6.07, 6.45) is 1.56. The number of amides is 1. The number of nitrogens with zero attached hydrogens (tertiary/aromatic N) is 1. The minimum Gasteiger partial charge on any atom is -0.479 e. The van der Waals surface area contributed by atoms with Crippen molar-refractivity contribution in [2.75, 3.05) is 6.54 Å². The van der Waals surface area contributed by atoms with Crippen LogP contribution in [0.1, 0.15) is 39.9 Å². The first-order valence-electron chi connectivity index (χ1n) is 8.23. The second-order valence-electron chi connectivity index (χ2n) is 6.64. The first-order chi connectivity index (χ1) is 11.6. The minimum atomic E-state index is -0.944. The third-order valence-corrected chi connectivity index (χ3v) is 6.30. The zero-order chi connectivity index (χ0) is 16.8. The van der Waals surface area contributed by atoms with Crippen LogP contribution in [0.15, 0.2) is 35.7 Å². The van der Waals surface area contributed by atoms with Crippen LogP contribution in [-0.4, -0.2) is 28.4 Å². The van der Waals surface area contributed by atoms with Crippen LogP contribution in [0.2, 0.25) is 0 Å². The number of carboxylic acids is 1. The van der Waals surface area contributed by atoms with E-state index in [0.717, 1.165) is 24.0 Å². The molecule has 124 valence electrons. The lowest BCUT2D eigenvalue weighted by atomic mass is 9.92. The highest BCUT2D eigenvalue weighted by atomic mass is 32.1. The van der Waals surface area contributed by atoms with Gasteiger partial charge < -0.3 is 10.0 Å². The van der Waals surface area contributed by atoms with Crippen molar-refractivity contribution in [3.63, 3.8) is 0 Å². The average molecular weight is 341 g/mol. The van der Waals surface area contributed by atoms with Gasteiger partial charge in [0.25, 0.3) is 0 Å². The fourth-order valence-corrected chi connectivity index (χ4v) is 4.91. The molecule has 0 radical (unpaired) electrons. The Morgan fingerprint density at radius 2 is 2.04 bits per heavy atom. The van der Waals surface area contributed by atoms with Gasteiger partial charge in [0, 0.05) is 23.3 Å². The number of hydrogen-bond donors (Lipinski definition) is 1. The van der Waals surface area contributed by atoms with Gasteiger partial charge >= 0.3 is 5.97 Å². The first-order valence-corrected chi connectivity index (χ1v) is 9.11. The molecule has 2 aliphatic rings. The van der Waals surface area contributed by atoms with Crippen molar-refractivity contribution in [1.82, 2.24) is 4.90 Å². The zero-order valence-electron chi connectivity index (χ0n) is 13.4. The van der Waals surface area contributed by atoms with E-state index in [0.29, 0.717) is 6.54 Å². The topological polar surface area (TPSA) is 57.6 Å². The lowest BCUT2D eigenvalue weighted by Crippen LogP contribution is -2.44. The molecule has 1 aliphatic heterocycles. The molecule has 1 amide bonds.